The van der Waals surface area contributed by atoms with Crippen LogP contribution >= 0.6 is 23.4 Å². The molecule has 2 amide bonds. The maximum atomic E-state index is 12.7. The number of rotatable bonds is 5. The first-order chi connectivity index (χ1) is 18.1. The van der Waals surface area contributed by atoms with Crippen molar-refractivity contribution in [2.75, 3.05) is 6.54 Å². The lowest BCUT2D eigenvalue weighted by molar-refractivity contribution is 0.0336. The quantitative estimate of drug-likeness (QED) is 0.578. The first-order valence-corrected chi connectivity index (χ1v) is 13.7. The Kier molecular flexibility index (Phi) is 7.20. The summed E-state index contributed by atoms with van der Waals surface area (Å²) in [7, 11) is 0. The third kappa shape index (κ3) is 5.87. The highest BCUT2D eigenvalue weighted by Gasteiger charge is 2.34. The predicted molar refractivity (Wildman–Crippen MR) is 144 cm³/mol. The summed E-state index contributed by atoms with van der Waals surface area (Å²) in [6.45, 7) is 6.51. The summed E-state index contributed by atoms with van der Waals surface area (Å²) in [5, 5.41) is 21.0. The number of carbonyl (C=O) groups excluding carboxylic acids is 2. The van der Waals surface area contributed by atoms with E-state index in [2.05, 4.69) is 21.7 Å². The lowest BCUT2D eigenvalue weighted by Gasteiger charge is -2.36. The van der Waals surface area contributed by atoms with Crippen molar-refractivity contribution in [3.05, 3.63) is 57.3 Å². The summed E-state index contributed by atoms with van der Waals surface area (Å²) >= 11 is 7.67. The van der Waals surface area contributed by atoms with E-state index in [0.717, 1.165) is 29.0 Å². The monoisotopic (exact) mass is 553 g/mol. The lowest BCUT2D eigenvalue weighted by atomic mass is 9.74. The van der Waals surface area contributed by atoms with Gasteiger partial charge in [0.15, 0.2) is 5.69 Å². The van der Waals surface area contributed by atoms with Crippen molar-refractivity contribution in [1.82, 2.24) is 25.2 Å². The molecule has 1 unspecified atom stereocenters. The van der Waals surface area contributed by atoms with Crippen LogP contribution in [-0.2, 0) is 11.3 Å². The van der Waals surface area contributed by atoms with Crippen molar-refractivity contribution in [3.8, 4) is 6.07 Å². The van der Waals surface area contributed by atoms with Crippen molar-refractivity contribution >= 4 is 41.1 Å². The Morgan fingerprint density at radius 1 is 1.32 bits per heavy atom. The van der Waals surface area contributed by atoms with Gasteiger partial charge in [0, 0.05) is 35.1 Å². The van der Waals surface area contributed by atoms with Crippen LogP contribution in [0.4, 0.5) is 4.79 Å². The minimum atomic E-state index is -0.552. The van der Waals surface area contributed by atoms with Crippen molar-refractivity contribution in [1.29, 1.82) is 5.26 Å². The Bertz CT molecular complexity index is 1370. The van der Waals surface area contributed by atoms with Gasteiger partial charge in [-0.05, 0) is 63.3 Å². The number of thioether (sulfide) groups is 1. The number of nitrogens with one attached hydrogen (secondary N) is 1. The second kappa shape index (κ2) is 10.4. The molecule has 1 N–H and O–H groups in total. The van der Waals surface area contributed by atoms with Gasteiger partial charge in [-0.25, -0.2) is 9.48 Å². The highest BCUT2D eigenvalue weighted by atomic mass is 35.5. The Hall–Kier alpha value is -3.36. The third-order valence-corrected chi connectivity index (χ3v) is 7.86. The molecule has 2 aliphatic heterocycles. The molecule has 1 atom stereocenters. The summed E-state index contributed by atoms with van der Waals surface area (Å²) in [5.74, 6) is -0.0898. The second-order valence-electron chi connectivity index (χ2n) is 10.6. The Labute approximate surface area is 230 Å². The minimum absolute atomic E-state index is 0.00273. The molecule has 12 heteroatoms. The van der Waals surface area contributed by atoms with Crippen molar-refractivity contribution in [2.45, 2.75) is 69.5 Å². The molecular weight excluding hydrogens is 526 g/mol. The maximum Gasteiger partial charge on any atom is 0.414 e. The molecule has 3 heterocycles. The van der Waals surface area contributed by atoms with Gasteiger partial charge in [0.2, 0.25) is 0 Å². The van der Waals surface area contributed by atoms with Crippen LogP contribution in [-0.4, -0.2) is 61.2 Å². The van der Waals surface area contributed by atoms with Crippen molar-refractivity contribution in [2.24, 2.45) is 4.99 Å². The second-order valence-corrected chi connectivity index (χ2v) is 12.2. The standard InChI is InChI=1S/C26H28ClN7O3S/c1-26(2,3)37-25(36)33-7-6-20-22(13-33)38-23(30-20)14-34-12-21(31-32-34)24(35)29-18-8-16(9-18)19-10-17(27)5-4-15(19)11-28/h4-5,10,12-13,16,18,23H,6-9,14H2,1-3H3,(H,29,35). The van der Waals surface area contributed by atoms with Gasteiger partial charge in [-0.3, -0.25) is 14.7 Å². The van der Waals surface area contributed by atoms with Gasteiger partial charge < -0.3 is 10.1 Å². The van der Waals surface area contributed by atoms with Crippen LogP contribution in [0.3, 0.4) is 0 Å². The molecule has 3 aliphatic rings. The van der Waals surface area contributed by atoms with E-state index in [1.807, 2.05) is 26.8 Å². The molecule has 5 rings (SSSR count). The molecule has 1 aliphatic carbocycles. The fourth-order valence-electron chi connectivity index (χ4n) is 4.62. The van der Waals surface area contributed by atoms with Crippen LogP contribution in [0.25, 0.3) is 0 Å². The van der Waals surface area contributed by atoms with Crippen LogP contribution < -0.4 is 5.32 Å². The van der Waals surface area contributed by atoms with Crippen LogP contribution in [0.1, 0.15) is 67.6 Å². The number of carbonyl (C=O) groups is 2. The van der Waals surface area contributed by atoms with E-state index in [1.165, 1.54) is 0 Å². The number of nitrogens with zero attached hydrogens (tertiary/aromatic N) is 6. The average Bonchev–Trinajstić information content (AvgIpc) is 3.46. The number of benzene rings is 1. The number of aromatic nitrogens is 3. The summed E-state index contributed by atoms with van der Waals surface area (Å²) in [6.07, 6.45) is 5.20. The van der Waals surface area contributed by atoms with Crippen molar-refractivity contribution < 1.29 is 14.3 Å². The van der Waals surface area contributed by atoms with E-state index in [-0.39, 0.29) is 35.0 Å². The fourth-order valence-corrected chi connectivity index (χ4v) is 5.98. The Morgan fingerprint density at radius 2 is 2.11 bits per heavy atom. The molecule has 1 aromatic heterocycles. The number of amides is 2. The summed E-state index contributed by atoms with van der Waals surface area (Å²) in [5.41, 5.74) is 2.21. The zero-order valence-electron chi connectivity index (χ0n) is 21.3. The largest absolute Gasteiger partial charge is 0.443 e. The number of hydrogen-bond acceptors (Lipinski definition) is 8. The van der Waals surface area contributed by atoms with Crippen LogP contribution in [0, 0.1) is 11.3 Å². The average molecular weight is 554 g/mol. The molecule has 1 fully saturated rings. The van der Waals surface area contributed by atoms with E-state index in [1.54, 1.807) is 45.9 Å². The highest BCUT2D eigenvalue weighted by Crippen LogP contribution is 2.39. The van der Waals surface area contributed by atoms with E-state index in [4.69, 9.17) is 21.3 Å². The summed E-state index contributed by atoms with van der Waals surface area (Å²) in [6, 6.07) is 7.50. The number of fused-ring (bicyclic) bond motifs is 1. The number of hydrogen-bond donors (Lipinski definition) is 1. The van der Waals surface area contributed by atoms with Gasteiger partial charge in [0.05, 0.1) is 30.1 Å². The molecule has 0 spiro atoms. The molecule has 38 heavy (non-hydrogen) atoms. The van der Waals surface area contributed by atoms with Crippen molar-refractivity contribution in [3.63, 3.8) is 0 Å². The summed E-state index contributed by atoms with van der Waals surface area (Å²) in [4.78, 5) is 32.4. The van der Waals surface area contributed by atoms with E-state index in [9.17, 15) is 14.9 Å². The van der Waals surface area contributed by atoms with Gasteiger partial charge in [-0.1, -0.05) is 28.6 Å². The number of halogens is 1. The van der Waals surface area contributed by atoms with Gasteiger partial charge in [-0.2, -0.15) is 5.26 Å². The Balaban J connectivity index is 1.13. The number of aliphatic imine (C=N–C) groups is 1. The van der Waals surface area contributed by atoms with E-state index in [0.29, 0.717) is 30.1 Å². The van der Waals surface area contributed by atoms with E-state index < -0.39 is 5.60 Å². The van der Waals surface area contributed by atoms with Gasteiger partial charge in [0.1, 0.15) is 11.0 Å². The fraction of sp³-hybridized carbons (Fsp3) is 0.462. The van der Waals surface area contributed by atoms with E-state index >= 15 is 0 Å². The lowest BCUT2D eigenvalue weighted by Crippen LogP contribution is -2.43. The maximum absolute atomic E-state index is 12.7. The van der Waals surface area contributed by atoms with Gasteiger partial charge in [0.25, 0.3) is 5.91 Å². The van der Waals surface area contributed by atoms with Crippen LogP contribution in [0.15, 0.2) is 40.5 Å². The topological polar surface area (TPSA) is 126 Å². The first-order valence-electron chi connectivity index (χ1n) is 12.4. The third-order valence-electron chi connectivity index (χ3n) is 6.50. The number of ether oxygens (including phenoxy) is 1. The Morgan fingerprint density at radius 3 is 2.84 bits per heavy atom. The number of nitriles is 1. The molecule has 0 saturated heterocycles. The zero-order chi connectivity index (χ0) is 27.0. The SMILES string of the molecule is CC(C)(C)OC(=O)N1C=C2SC(Cn3cc(C(=O)NC4CC(c5cc(Cl)ccc5C#N)C4)nn3)N=C2CC1. The van der Waals surface area contributed by atoms with Crippen LogP contribution in [0.5, 0.6) is 0 Å². The zero-order valence-corrected chi connectivity index (χ0v) is 22.9. The predicted octanol–water partition coefficient (Wildman–Crippen LogP) is 4.48. The molecular formula is C26H28ClN7O3S. The normalized spacial score (nSPS) is 22.5. The molecule has 0 radical (unpaired) electrons. The van der Waals surface area contributed by atoms with Gasteiger partial charge in [-0.15, -0.1) is 5.10 Å². The highest BCUT2D eigenvalue weighted by molar-refractivity contribution is 8.05. The molecule has 1 saturated carbocycles. The minimum Gasteiger partial charge on any atom is -0.443 e. The molecule has 10 nitrogen and oxygen atoms in total. The number of allylic oxidation sites excluding steroid dienone is 1. The molecule has 198 valence electrons. The smallest absolute Gasteiger partial charge is 0.414 e. The molecule has 0 bridgehead atoms. The molecule has 2 aromatic rings. The van der Waals surface area contributed by atoms with Crippen LogP contribution in [0.2, 0.25) is 5.02 Å². The van der Waals surface area contributed by atoms with Gasteiger partial charge >= 0.3 is 6.09 Å². The first kappa shape index (κ1) is 26.3. The summed E-state index contributed by atoms with van der Waals surface area (Å²) < 4.78 is 7.09. The molecule has 1 aromatic carbocycles.